The van der Waals surface area contributed by atoms with Crippen LogP contribution in [0.5, 0.6) is 0 Å². The maximum atomic E-state index is 13.2. The van der Waals surface area contributed by atoms with Crippen molar-refractivity contribution in [1.29, 1.82) is 0 Å². The zero-order valence-electron chi connectivity index (χ0n) is 14.0. The van der Waals surface area contributed by atoms with Crippen molar-refractivity contribution in [3.8, 4) is 11.4 Å². The number of benzene rings is 2. The summed E-state index contributed by atoms with van der Waals surface area (Å²) in [4.78, 5) is 17.0. The molecular weight excluding hydrogens is 444 g/mol. The number of rotatable bonds is 3. The van der Waals surface area contributed by atoms with E-state index in [0.29, 0.717) is 14.8 Å². The third-order valence-corrected chi connectivity index (χ3v) is 5.47. The molecule has 1 aliphatic rings. The number of halogens is 2. The molecule has 1 aromatic heterocycles. The van der Waals surface area contributed by atoms with Crippen molar-refractivity contribution in [3.05, 3.63) is 69.3 Å². The monoisotopic (exact) mass is 461 g/mol. The predicted octanol–water partition coefficient (Wildman–Crippen LogP) is 4.88. The van der Waals surface area contributed by atoms with Crippen molar-refractivity contribution in [1.82, 2.24) is 9.55 Å². The van der Waals surface area contributed by atoms with E-state index in [1.54, 1.807) is 0 Å². The summed E-state index contributed by atoms with van der Waals surface area (Å²) in [7, 11) is 0. The number of nitrogens with one attached hydrogen (secondary N) is 1. The van der Waals surface area contributed by atoms with E-state index in [2.05, 4.69) is 14.9 Å². The van der Waals surface area contributed by atoms with Crippen LogP contribution >= 0.6 is 22.6 Å². The lowest BCUT2D eigenvalue weighted by Gasteiger charge is -2.16. The molecular formula is C20H17FIN3O. The van der Waals surface area contributed by atoms with Crippen molar-refractivity contribution < 1.29 is 9.18 Å². The van der Waals surface area contributed by atoms with Crippen LogP contribution in [0.4, 0.5) is 10.1 Å². The van der Waals surface area contributed by atoms with E-state index in [4.69, 9.17) is 0 Å². The maximum Gasteiger partial charge on any atom is 0.256 e. The summed E-state index contributed by atoms with van der Waals surface area (Å²) in [6.45, 7) is 1.01. The van der Waals surface area contributed by atoms with E-state index in [1.165, 1.54) is 36.7 Å². The second-order valence-electron chi connectivity index (χ2n) is 6.34. The molecule has 1 aliphatic heterocycles. The Balaban J connectivity index is 1.53. The van der Waals surface area contributed by atoms with Gasteiger partial charge in [0.1, 0.15) is 11.6 Å². The van der Waals surface area contributed by atoms with E-state index in [1.807, 2.05) is 53.1 Å². The SMILES string of the molecule is O=C(Nc1ccc(-c2ncc3n2CCCC3)cc1)c1ccc(F)cc1I. The van der Waals surface area contributed by atoms with Gasteiger partial charge in [0.2, 0.25) is 0 Å². The van der Waals surface area contributed by atoms with Crippen molar-refractivity contribution in [2.75, 3.05) is 5.32 Å². The lowest BCUT2D eigenvalue weighted by molar-refractivity contribution is 0.102. The van der Waals surface area contributed by atoms with Gasteiger partial charge in [-0.1, -0.05) is 0 Å². The van der Waals surface area contributed by atoms with E-state index >= 15 is 0 Å². The molecule has 1 amide bonds. The Labute approximate surface area is 164 Å². The first kappa shape index (κ1) is 17.2. The normalized spacial score (nSPS) is 13.3. The van der Waals surface area contributed by atoms with Crippen molar-refractivity contribution in [2.24, 2.45) is 0 Å². The largest absolute Gasteiger partial charge is 0.328 e. The number of amides is 1. The fourth-order valence-corrected chi connectivity index (χ4v) is 3.96. The zero-order valence-corrected chi connectivity index (χ0v) is 16.2. The highest BCUT2D eigenvalue weighted by Gasteiger charge is 2.15. The highest BCUT2D eigenvalue weighted by molar-refractivity contribution is 14.1. The topological polar surface area (TPSA) is 46.9 Å². The van der Waals surface area contributed by atoms with E-state index in [9.17, 15) is 9.18 Å². The van der Waals surface area contributed by atoms with Crippen LogP contribution in [0.3, 0.4) is 0 Å². The Morgan fingerprint density at radius 1 is 1.15 bits per heavy atom. The molecule has 0 bridgehead atoms. The minimum Gasteiger partial charge on any atom is -0.328 e. The van der Waals surface area contributed by atoms with Gasteiger partial charge in [-0.2, -0.15) is 0 Å². The van der Waals surface area contributed by atoms with Crippen LogP contribution in [-0.4, -0.2) is 15.5 Å². The molecule has 0 spiro atoms. The molecule has 26 heavy (non-hydrogen) atoms. The summed E-state index contributed by atoms with van der Waals surface area (Å²) >= 11 is 1.96. The van der Waals surface area contributed by atoms with Crippen molar-refractivity contribution in [3.63, 3.8) is 0 Å². The summed E-state index contributed by atoms with van der Waals surface area (Å²) in [6, 6.07) is 11.8. The average Bonchev–Trinajstić information content (AvgIpc) is 3.06. The molecule has 1 N–H and O–H groups in total. The predicted molar refractivity (Wildman–Crippen MR) is 108 cm³/mol. The lowest BCUT2D eigenvalue weighted by Crippen LogP contribution is -2.13. The molecule has 4 rings (SSSR count). The van der Waals surface area contributed by atoms with Crippen LogP contribution in [0.25, 0.3) is 11.4 Å². The Kier molecular flexibility index (Phi) is 4.76. The van der Waals surface area contributed by atoms with E-state index in [-0.39, 0.29) is 11.7 Å². The molecule has 0 radical (unpaired) electrons. The summed E-state index contributed by atoms with van der Waals surface area (Å²) < 4.78 is 16.1. The maximum absolute atomic E-state index is 13.2. The number of hydrogen-bond donors (Lipinski definition) is 1. The van der Waals surface area contributed by atoms with Gasteiger partial charge in [0.25, 0.3) is 5.91 Å². The molecule has 0 aliphatic carbocycles. The first-order valence-corrected chi connectivity index (χ1v) is 9.61. The molecule has 0 fully saturated rings. The fraction of sp³-hybridized carbons (Fsp3) is 0.200. The number of anilines is 1. The van der Waals surface area contributed by atoms with Gasteiger partial charge in [-0.15, -0.1) is 0 Å². The average molecular weight is 461 g/mol. The first-order chi connectivity index (χ1) is 12.6. The van der Waals surface area contributed by atoms with Crippen molar-refractivity contribution in [2.45, 2.75) is 25.8 Å². The molecule has 4 nitrogen and oxygen atoms in total. The number of aromatic nitrogens is 2. The number of aryl methyl sites for hydroxylation is 1. The van der Waals surface area contributed by atoms with E-state index < -0.39 is 0 Å². The van der Waals surface area contributed by atoms with Gasteiger partial charge in [-0.25, -0.2) is 9.37 Å². The van der Waals surface area contributed by atoms with Gasteiger partial charge in [0, 0.05) is 33.3 Å². The highest BCUT2D eigenvalue weighted by atomic mass is 127. The second-order valence-corrected chi connectivity index (χ2v) is 7.50. The highest BCUT2D eigenvalue weighted by Crippen LogP contribution is 2.26. The molecule has 0 unspecified atom stereocenters. The Hall–Kier alpha value is -2.22. The molecule has 2 heterocycles. The smallest absolute Gasteiger partial charge is 0.256 e. The Bertz CT molecular complexity index is 966. The summed E-state index contributed by atoms with van der Waals surface area (Å²) in [5, 5.41) is 2.86. The van der Waals surface area contributed by atoms with E-state index in [0.717, 1.165) is 24.4 Å². The summed E-state index contributed by atoms with van der Waals surface area (Å²) in [5.74, 6) is 0.379. The number of nitrogens with zero attached hydrogens (tertiary/aromatic N) is 2. The molecule has 3 aromatic rings. The van der Waals surface area contributed by atoms with Crippen LogP contribution in [0.2, 0.25) is 0 Å². The van der Waals surface area contributed by atoms with Crippen LogP contribution in [0.1, 0.15) is 28.9 Å². The van der Waals surface area contributed by atoms with Gasteiger partial charge in [-0.05, 0) is 84.3 Å². The molecule has 0 atom stereocenters. The van der Waals surface area contributed by atoms with Gasteiger partial charge < -0.3 is 9.88 Å². The second kappa shape index (κ2) is 7.19. The summed E-state index contributed by atoms with van der Waals surface area (Å²) in [6.07, 6.45) is 5.44. The molecule has 0 saturated carbocycles. The van der Waals surface area contributed by atoms with Crippen LogP contribution < -0.4 is 5.32 Å². The zero-order chi connectivity index (χ0) is 18.1. The Morgan fingerprint density at radius 2 is 1.96 bits per heavy atom. The quantitative estimate of drug-likeness (QED) is 0.566. The standard InChI is InChI=1S/C20H17FIN3O/c21-14-6-9-17(18(22)11-14)20(26)24-15-7-4-13(5-8-15)19-23-12-16-3-1-2-10-25(16)19/h4-9,11-12H,1-3,10H2,(H,24,26). The van der Waals surface area contributed by atoms with Gasteiger partial charge in [0.15, 0.2) is 0 Å². The summed E-state index contributed by atoms with van der Waals surface area (Å²) in [5.41, 5.74) is 3.48. The number of fused-ring (bicyclic) bond motifs is 1. The van der Waals surface area contributed by atoms with Gasteiger partial charge >= 0.3 is 0 Å². The molecule has 132 valence electrons. The molecule has 0 saturated heterocycles. The van der Waals surface area contributed by atoms with Crippen molar-refractivity contribution >= 4 is 34.2 Å². The van der Waals surface area contributed by atoms with Crippen LogP contribution in [0, 0.1) is 9.39 Å². The number of hydrogen-bond acceptors (Lipinski definition) is 2. The number of carbonyl (C=O) groups is 1. The third-order valence-electron chi connectivity index (χ3n) is 4.58. The minimum absolute atomic E-state index is 0.250. The molecule has 6 heteroatoms. The van der Waals surface area contributed by atoms with Crippen LogP contribution in [-0.2, 0) is 13.0 Å². The number of imidazole rings is 1. The van der Waals surface area contributed by atoms with Crippen LogP contribution in [0.15, 0.2) is 48.7 Å². The molecule has 2 aromatic carbocycles. The lowest BCUT2D eigenvalue weighted by atomic mass is 10.1. The Morgan fingerprint density at radius 3 is 2.73 bits per heavy atom. The first-order valence-electron chi connectivity index (χ1n) is 8.53. The minimum atomic E-state index is -0.349. The van der Waals surface area contributed by atoms with Gasteiger partial charge in [0.05, 0.1) is 5.56 Å². The number of carbonyl (C=O) groups excluding carboxylic acids is 1. The van der Waals surface area contributed by atoms with Gasteiger partial charge in [-0.3, -0.25) is 4.79 Å². The fourth-order valence-electron chi connectivity index (χ4n) is 3.24. The third kappa shape index (κ3) is 3.38.